The summed E-state index contributed by atoms with van der Waals surface area (Å²) in [5.41, 5.74) is 1.31. The van der Waals surface area contributed by atoms with Gasteiger partial charge in [-0.2, -0.15) is 0 Å². The molecule has 0 atom stereocenters. The molecule has 1 aromatic heterocycles. The molecule has 0 saturated heterocycles. The maximum absolute atomic E-state index is 12.5. The number of nitro groups is 1. The molecule has 30 heavy (non-hydrogen) atoms. The van der Waals surface area contributed by atoms with E-state index in [1.807, 2.05) is 30.3 Å². The van der Waals surface area contributed by atoms with Gasteiger partial charge in [0.15, 0.2) is 5.78 Å². The van der Waals surface area contributed by atoms with Gasteiger partial charge in [0.25, 0.3) is 5.69 Å². The second kappa shape index (κ2) is 8.05. The van der Waals surface area contributed by atoms with Gasteiger partial charge in [-0.15, -0.1) is 0 Å². The third-order valence-corrected chi connectivity index (χ3v) is 4.72. The van der Waals surface area contributed by atoms with Crippen LogP contribution < -0.4 is 4.74 Å². The van der Waals surface area contributed by atoms with Crippen LogP contribution >= 0.6 is 0 Å². The summed E-state index contributed by atoms with van der Waals surface area (Å²) >= 11 is 0. The molecule has 0 saturated carbocycles. The number of nitrogens with zero attached hydrogens (tertiary/aromatic N) is 1. The number of nitro benzene ring substituents is 1. The molecule has 4 rings (SSSR count). The van der Waals surface area contributed by atoms with E-state index in [4.69, 9.17) is 9.15 Å². The van der Waals surface area contributed by atoms with Crippen LogP contribution in [0.4, 0.5) is 5.69 Å². The molecule has 6 nitrogen and oxygen atoms in total. The van der Waals surface area contributed by atoms with Crippen LogP contribution in [0.1, 0.15) is 16.1 Å². The fourth-order valence-electron chi connectivity index (χ4n) is 3.10. The van der Waals surface area contributed by atoms with Gasteiger partial charge >= 0.3 is 0 Å². The van der Waals surface area contributed by atoms with Crippen LogP contribution in [-0.4, -0.2) is 17.8 Å². The van der Waals surface area contributed by atoms with E-state index in [0.717, 1.165) is 22.1 Å². The molecular formula is C24H17NO5. The first-order valence-corrected chi connectivity index (χ1v) is 9.18. The number of furan rings is 1. The summed E-state index contributed by atoms with van der Waals surface area (Å²) in [5.74, 6) is 1.71. The summed E-state index contributed by atoms with van der Waals surface area (Å²) in [6, 6.07) is 20.8. The van der Waals surface area contributed by atoms with Crippen LogP contribution in [-0.2, 0) is 0 Å². The number of carbonyl (C=O) groups is 1. The number of carbonyl (C=O) groups excluding carboxylic acids is 1. The van der Waals surface area contributed by atoms with Crippen molar-refractivity contribution in [1.82, 2.24) is 0 Å². The minimum atomic E-state index is -0.449. The van der Waals surface area contributed by atoms with Crippen LogP contribution in [0.25, 0.3) is 28.2 Å². The molecule has 0 aliphatic rings. The van der Waals surface area contributed by atoms with E-state index in [2.05, 4.69) is 0 Å². The quantitative estimate of drug-likeness (QED) is 0.174. The monoisotopic (exact) mass is 399 g/mol. The minimum Gasteiger partial charge on any atom is -0.497 e. The zero-order valence-electron chi connectivity index (χ0n) is 16.1. The molecule has 1 heterocycles. The first kappa shape index (κ1) is 19.1. The Morgan fingerprint density at radius 3 is 2.43 bits per heavy atom. The summed E-state index contributed by atoms with van der Waals surface area (Å²) in [6.45, 7) is 0. The molecule has 148 valence electrons. The zero-order chi connectivity index (χ0) is 21.1. The molecule has 0 bridgehead atoms. The van der Waals surface area contributed by atoms with Crippen LogP contribution in [0.15, 0.2) is 83.3 Å². The largest absolute Gasteiger partial charge is 0.497 e. The SMILES string of the molecule is COc1ccc2cc(C(=O)/C=C/c3ccc(-c4ccc([N+](=O)[O-])cc4)o3)ccc2c1. The van der Waals surface area contributed by atoms with Crippen molar-refractivity contribution in [3.63, 3.8) is 0 Å². The summed E-state index contributed by atoms with van der Waals surface area (Å²) in [5, 5.41) is 12.7. The highest BCUT2D eigenvalue weighted by Crippen LogP contribution is 2.25. The van der Waals surface area contributed by atoms with Crippen molar-refractivity contribution in [3.05, 3.63) is 100 Å². The van der Waals surface area contributed by atoms with E-state index in [1.54, 1.807) is 43.5 Å². The predicted octanol–water partition coefficient (Wildman–Crippen LogP) is 5.91. The summed E-state index contributed by atoms with van der Waals surface area (Å²) in [4.78, 5) is 22.9. The zero-order valence-corrected chi connectivity index (χ0v) is 16.1. The molecule has 0 amide bonds. The van der Waals surface area contributed by atoms with Crippen molar-refractivity contribution in [3.8, 4) is 17.1 Å². The van der Waals surface area contributed by atoms with E-state index in [0.29, 0.717) is 17.1 Å². The number of hydrogen-bond donors (Lipinski definition) is 0. The van der Waals surface area contributed by atoms with E-state index >= 15 is 0 Å². The Bertz CT molecular complexity index is 1270. The Morgan fingerprint density at radius 1 is 0.967 bits per heavy atom. The lowest BCUT2D eigenvalue weighted by molar-refractivity contribution is -0.384. The van der Waals surface area contributed by atoms with Crippen LogP contribution in [0.3, 0.4) is 0 Å². The van der Waals surface area contributed by atoms with Crippen molar-refractivity contribution in [1.29, 1.82) is 0 Å². The molecule has 0 N–H and O–H groups in total. The molecule has 0 unspecified atom stereocenters. The standard InChI is InChI=1S/C24H17NO5/c1-29-22-9-6-17-14-19(3-2-18(17)15-22)23(26)12-10-21-11-13-24(30-21)16-4-7-20(8-5-16)25(27)28/h2-15H,1H3/b12-10+. The smallest absolute Gasteiger partial charge is 0.269 e. The van der Waals surface area contributed by atoms with Crippen molar-refractivity contribution in [2.45, 2.75) is 0 Å². The fraction of sp³-hybridized carbons (Fsp3) is 0.0417. The Hall–Kier alpha value is -4.19. The number of rotatable bonds is 6. The molecule has 4 aromatic rings. The van der Waals surface area contributed by atoms with Crippen molar-refractivity contribution < 1.29 is 18.9 Å². The highest BCUT2D eigenvalue weighted by atomic mass is 16.6. The van der Waals surface area contributed by atoms with Gasteiger partial charge in [-0.1, -0.05) is 18.2 Å². The topological polar surface area (TPSA) is 82.6 Å². The Kier molecular flexibility index (Phi) is 5.13. The highest BCUT2D eigenvalue weighted by molar-refractivity contribution is 6.08. The van der Waals surface area contributed by atoms with Gasteiger partial charge in [-0.25, -0.2) is 0 Å². The number of ketones is 1. The Morgan fingerprint density at radius 2 is 1.70 bits per heavy atom. The van der Waals surface area contributed by atoms with Gasteiger partial charge in [-0.05, 0) is 65.4 Å². The van der Waals surface area contributed by atoms with E-state index in [1.165, 1.54) is 18.2 Å². The van der Waals surface area contributed by atoms with Gasteiger partial charge in [-0.3, -0.25) is 14.9 Å². The van der Waals surface area contributed by atoms with Crippen LogP contribution in [0.5, 0.6) is 5.75 Å². The van der Waals surface area contributed by atoms with E-state index in [-0.39, 0.29) is 11.5 Å². The van der Waals surface area contributed by atoms with Crippen LogP contribution in [0.2, 0.25) is 0 Å². The van der Waals surface area contributed by atoms with Crippen molar-refractivity contribution in [2.75, 3.05) is 7.11 Å². The van der Waals surface area contributed by atoms with Gasteiger partial charge in [0, 0.05) is 23.3 Å². The molecule has 0 aliphatic carbocycles. The fourth-order valence-corrected chi connectivity index (χ4v) is 3.10. The van der Waals surface area contributed by atoms with Crippen molar-refractivity contribution >= 4 is 28.3 Å². The van der Waals surface area contributed by atoms with Gasteiger partial charge in [0.1, 0.15) is 17.3 Å². The number of hydrogen-bond acceptors (Lipinski definition) is 5. The van der Waals surface area contributed by atoms with E-state index in [9.17, 15) is 14.9 Å². The number of benzene rings is 3. The Balaban J connectivity index is 1.50. The van der Waals surface area contributed by atoms with E-state index < -0.39 is 4.92 Å². The van der Waals surface area contributed by atoms with Crippen molar-refractivity contribution in [2.24, 2.45) is 0 Å². The first-order chi connectivity index (χ1) is 14.5. The molecule has 0 spiro atoms. The number of fused-ring (bicyclic) bond motifs is 1. The second-order valence-electron chi connectivity index (χ2n) is 6.63. The summed E-state index contributed by atoms with van der Waals surface area (Å²) in [6.07, 6.45) is 3.07. The summed E-state index contributed by atoms with van der Waals surface area (Å²) in [7, 11) is 1.62. The molecule has 6 heteroatoms. The van der Waals surface area contributed by atoms with Gasteiger partial charge in [0.05, 0.1) is 12.0 Å². The Labute approximate surface area is 172 Å². The third kappa shape index (κ3) is 3.98. The molecular weight excluding hydrogens is 382 g/mol. The highest BCUT2D eigenvalue weighted by Gasteiger charge is 2.09. The maximum atomic E-state index is 12.5. The summed E-state index contributed by atoms with van der Waals surface area (Å²) < 4.78 is 10.9. The average Bonchev–Trinajstić information content (AvgIpc) is 3.25. The van der Waals surface area contributed by atoms with Crippen LogP contribution in [0, 0.1) is 10.1 Å². The second-order valence-corrected chi connectivity index (χ2v) is 6.63. The maximum Gasteiger partial charge on any atom is 0.269 e. The lowest BCUT2D eigenvalue weighted by atomic mass is 10.0. The number of ether oxygens (including phenoxy) is 1. The normalized spacial score (nSPS) is 11.1. The molecule has 3 aromatic carbocycles. The number of allylic oxidation sites excluding steroid dienone is 1. The lowest BCUT2D eigenvalue weighted by Crippen LogP contribution is -1.94. The third-order valence-electron chi connectivity index (χ3n) is 4.72. The van der Waals surface area contributed by atoms with Gasteiger partial charge < -0.3 is 9.15 Å². The number of non-ortho nitro benzene ring substituents is 1. The molecule has 0 aliphatic heterocycles. The molecule has 0 radical (unpaired) electrons. The predicted molar refractivity (Wildman–Crippen MR) is 115 cm³/mol. The molecule has 0 fully saturated rings. The van der Waals surface area contributed by atoms with Gasteiger partial charge in [0.2, 0.25) is 0 Å². The lowest BCUT2D eigenvalue weighted by Gasteiger charge is -2.04. The number of methoxy groups -OCH3 is 1. The first-order valence-electron chi connectivity index (χ1n) is 9.18. The minimum absolute atomic E-state index is 0.0184. The average molecular weight is 399 g/mol.